The molecule has 0 saturated carbocycles. The summed E-state index contributed by atoms with van der Waals surface area (Å²) in [6, 6.07) is 6.02. The van der Waals surface area contributed by atoms with Crippen LogP contribution in [-0.4, -0.2) is 25.2 Å². The highest BCUT2D eigenvalue weighted by molar-refractivity contribution is 6.20. The van der Waals surface area contributed by atoms with Gasteiger partial charge in [0.05, 0.1) is 5.60 Å². The molecule has 2 aliphatic heterocycles. The van der Waals surface area contributed by atoms with Gasteiger partial charge in [0.25, 0.3) is 0 Å². The minimum absolute atomic E-state index is 0.178. The second kappa shape index (κ2) is 4.63. The number of fused-ring (bicyclic) bond motifs is 1. The van der Waals surface area contributed by atoms with Crippen LogP contribution in [0.4, 0.5) is 0 Å². The maximum atomic E-state index is 6.26. The third-order valence-electron chi connectivity index (χ3n) is 3.62. The minimum Gasteiger partial charge on any atom is -0.486 e. The van der Waals surface area contributed by atoms with Crippen LogP contribution in [0.25, 0.3) is 0 Å². The smallest absolute Gasteiger partial charge is 0.161 e. The van der Waals surface area contributed by atoms with E-state index in [4.69, 9.17) is 25.8 Å². The Morgan fingerprint density at radius 1 is 1.17 bits per heavy atom. The van der Waals surface area contributed by atoms with Gasteiger partial charge in [-0.25, -0.2) is 0 Å². The summed E-state index contributed by atoms with van der Waals surface area (Å²) < 4.78 is 17.1. The predicted molar refractivity (Wildman–Crippen MR) is 69.6 cm³/mol. The first-order valence-electron chi connectivity index (χ1n) is 6.35. The van der Waals surface area contributed by atoms with Crippen molar-refractivity contribution in [2.45, 2.75) is 30.7 Å². The molecule has 98 valence electrons. The molecule has 1 aromatic rings. The number of benzene rings is 1. The first-order valence-corrected chi connectivity index (χ1v) is 6.79. The molecule has 18 heavy (non-hydrogen) atoms. The van der Waals surface area contributed by atoms with Gasteiger partial charge in [-0.15, -0.1) is 11.6 Å². The molecule has 0 radical (unpaired) electrons. The molecule has 1 fully saturated rings. The summed E-state index contributed by atoms with van der Waals surface area (Å²) in [5.41, 5.74) is 0.789. The summed E-state index contributed by atoms with van der Waals surface area (Å²) in [7, 11) is 0. The van der Waals surface area contributed by atoms with Gasteiger partial charge in [0, 0.05) is 12.0 Å². The lowest BCUT2D eigenvalue weighted by atomic mass is 9.88. The molecular formula is C14H17ClO3. The normalized spacial score (nSPS) is 31.1. The maximum absolute atomic E-state index is 6.26. The number of hydrogen-bond acceptors (Lipinski definition) is 3. The average Bonchev–Trinajstić information content (AvgIpc) is 2.38. The lowest BCUT2D eigenvalue weighted by Gasteiger charge is -2.37. The van der Waals surface area contributed by atoms with E-state index in [0.29, 0.717) is 19.8 Å². The molecule has 2 unspecified atom stereocenters. The van der Waals surface area contributed by atoms with E-state index in [-0.39, 0.29) is 11.0 Å². The number of ether oxygens (including phenoxy) is 3. The largest absolute Gasteiger partial charge is 0.486 e. The number of hydrogen-bond donors (Lipinski definition) is 0. The molecule has 1 aromatic carbocycles. The van der Waals surface area contributed by atoms with Gasteiger partial charge in [0.2, 0.25) is 0 Å². The Hall–Kier alpha value is -0.930. The molecule has 0 aromatic heterocycles. The number of halogens is 1. The van der Waals surface area contributed by atoms with Crippen LogP contribution < -0.4 is 9.47 Å². The Labute approximate surface area is 112 Å². The summed E-state index contributed by atoms with van der Waals surface area (Å²) in [5.74, 6) is 1.62. The van der Waals surface area contributed by atoms with Crippen molar-refractivity contribution >= 4 is 11.6 Å². The van der Waals surface area contributed by atoms with E-state index in [1.807, 2.05) is 18.2 Å². The Kier molecular flexibility index (Phi) is 3.12. The predicted octanol–water partition coefficient (Wildman–Crippen LogP) is 3.09. The van der Waals surface area contributed by atoms with Crippen LogP contribution in [-0.2, 0) is 10.3 Å². The van der Waals surface area contributed by atoms with Gasteiger partial charge in [0.15, 0.2) is 11.5 Å². The summed E-state index contributed by atoms with van der Waals surface area (Å²) in [6.45, 7) is 4.02. The lowest BCUT2D eigenvalue weighted by Crippen LogP contribution is -2.35. The van der Waals surface area contributed by atoms with Gasteiger partial charge in [-0.05, 0) is 37.5 Å². The molecule has 3 nitrogen and oxygen atoms in total. The molecule has 1 saturated heterocycles. The van der Waals surface area contributed by atoms with E-state index in [2.05, 4.69) is 6.92 Å². The van der Waals surface area contributed by atoms with Crippen molar-refractivity contribution in [2.75, 3.05) is 19.8 Å². The number of rotatable bonds is 1. The van der Waals surface area contributed by atoms with E-state index in [0.717, 1.165) is 29.9 Å². The summed E-state index contributed by atoms with van der Waals surface area (Å²) in [4.78, 5) is 0. The first kappa shape index (κ1) is 12.1. The first-order chi connectivity index (χ1) is 8.67. The van der Waals surface area contributed by atoms with Crippen LogP contribution in [0.3, 0.4) is 0 Å². The topological polar surface area (TPSA) is 27.7 Å². The third-order valence-corrected chi connectivity index (χ3v) is 3.99. The van der Waals surface area contributed by atoms with E-state index in [1.54, 1.807) is 0 Å². The van der Waals surface area contributed by atoms with Crippen molar-refractivity contribution in [3.05, 3.63) is 23.8 Å². The van der Waals surface area contributed by atoms with Crippen LogP contribution in [0.1, 0.15) is 25.3 Å². The Bertz CT molecular complexity index is 449. The van der Waals surface area contributed by atoms with Crippen LogP contribution in [0.2, 0.25) is 0 Å². The standard InChI is InChI=1S/C14H17ClO3/c1-14(9-11(15)4-5-18-14)10-2-3-12-13(8-10)17-7-6-16-12/h2-3,8,11H,4-7,9H2,1H3. The molecule has 0 amide bonds. The highest BCUT2D eigenvalue weighted by Gasteiger charge is 2.35. The van der Waals surface area contributed by atoms with E-state index < -0.39 is 0 Å². The van der Waals surface area contributed by atoms with Crippen LogP contribution in [0, 0.1) is 0 Å². The molecule has 4 heteroatoms. The van der Waals surface area contributed by atoms with Gasteiger partial charge >= 0.3 is 0 Å². The van der Waals surface area contributed by atoms with Gasteiger partial charge in [0.1, 0.15) is 13.2 Å². The third kappa shape index (κ3) is 2.17. The monoisotopic (exact) mass is 268 g/mol. The van der Waals surface area contributed by atoms with Gasteiger partial charge < -0.3 is 14.2 Å². The Morgan fingerprint density at radius 3 is 2.72 bits per heavy atom. The van der Waals surface area contributed by atoms with Crippen LogP contribution in [0.15, 0.2) is 18.2 Å². The average molecular weight is 269 g/mol. The van der Waals surface area contributed by atoms with Crippen molar-refractivity contribution in [3.8, 4) is 11.5 Å². The van der Waals surface area contributed by atoms with Crippen LogP contribution >= 0.6 is 11.6 Å². The van der Waals surface area contributed by atoms with Crippen molar-refractivity contribution in [2.24, 2.45) is 0 Å². The fourth-order valence-electron chi connectivity index (χ4n) is 2.57. The number of alkyl halides is 1. The molecular weight excluding hydrogens is 252 g/mol. The zero-order valence-corrected chi connectivity index (χ0v) is 11.2. The lowest BCUT2D eigenvalue weighted by molar-refractivity contribution is -0.0685. The molecule has 0 bridgehead atoms. The molecule has 2 heterocycles. The fourth-order valence-corrected chi connectivity index (χ4v) is 2.95. The molecule has 2 atom stereocenters. The Balaban J connectivity index is 1.91. The van der Waals surface area contributed by atoms with Crippen molar-refractivity contribution < 1.29 is 14.2 Å². The molecule has 3 rings (SSSR count). The van der Waals surface area contributed by atoms with Gasteiger partial charge in [-0.1, -0.05) is 6.07 Å². The van der Waals surface area contributed by atoms with Crippen molar-refractivity contribution in [3.63, 3.8) is 0 Å². The molecule has 0 spiro atoms. The van der Waals surface area contributed by atoms with Crippen molar-refractivity contribution in [1.29, 1.82) is 0 Å². The molecule has 0 N–H and O–H groups in total. The van der Waals surface area contributed by atoms with Gasteiger partial charge in [-0.3, -0.25) is 0 Å². The second-order valence-electron chi connectivity index (χ2n) is 5.03. The quantitative estimate of drug-likeness (QED) is 0.733. The van der Waals surface area contributed by atoms with Gasteiger partial charge in [-0.2, -0.15) is 0 Å². The van der Waals surface area contributed by atoms with Crippen LogP contribution in [0.5, 0.6) is 11.5 Å². The SMILES string of the molecule is CC1(c2ccc3c(c2)OCCO3)CC(Cl)CCO1. The highest BCUT2D eigenvalue weighted by atomic mass is 35.5. The summed E-state index contributed by atoms with van der Waals surface area (Å²) >= 11 is 6.26. The van der Waals surface area contributed by atoms with E-state index >= 15 is 0 Å². The second-order valence-corrected chi connectivity index (χ2v) is 5.65. The zero-order chi connectivity index (χ0) is 12.6. The molecule has 0 aliphatic carbocycles. The zero-order valence-electron chi connectivity index (χ0n) is 10.4. The molecule has 2 aliphatic rings. The Morgan fingerprint density at radius 2 is 1.94 bits per heavy atom. The van der Waals surface area contributed by atoms with Crippen molar-refractivity contribution in [1.82, 2.24) is 0 Å². The van der Waals surface area contributed by atoms with E-state index in [1.165, 1.54) is 0 Å². The summed E-state index contributed by atoms with van der Waals surface area (Å²) in [6.07, 6.45) is 1.75. The fraction of sp³-hybridized carbons (Fsp3) is 0.571. The van der Waals surface area contributed by atoms with E-state index in [9.17, 15) is 0 Å². The maximum Gasteiger partial charge on any atom is 0.161 e. The highest BCUT2D eigenvalue weighted by Crippen LogP contribution is 2.40. The minimum atomic E-state index is -0.319. The summed E-state index contributed by atoms with van der Waals surface area (Å²) in [5, 5.41) is 0.178.